The van der Waals surface area contributed by atoms with Crippen molar-refractivity contribution in [3.8, 4) is 5.75 Å². The minimum Gasteiger partial charge on any atom is -0.496 e. The maximum atomic E-state index is 12.0. The predicted octanol–water partition coefficient (Wildman–Crippen LogP) is 1.43. The van der Waals surface area contributed by atoms with Gasteiger partial charge in [0.1, 0.15) is 11.6 Å². The second-order valence-corrected chi connectivity index (χ2v) is 3.60. The number of ether oxygens (including phenoxy) is 1. The number of hydrogen-bond acceptors (Lipinski definition) is 4. The molecule has 0 saturated carbocycles. The van der Waals surface area contributed by atoms with Crippen LogP contribution in [0.2, 0.25) is 0 Å². The van der Waals surface area contributed by atoms with Gasteiger partial charge in [0, 0.05) is 24.1 Å². The Morgan fingerprint density at radius 2 is 2.35 bits per heavy atom. The van der Waals surface area contributed by atoms with E-state index in [0.717, 1.165) is 0 Å². The average Bonchev–Trinajstić information content (AvgIpc) is 2.81. The average molecular weight is 231 g/mol. The van der Waals surface area contributed by atoms with Gasteiger partial charge >= 0.3 is 0 Å². The maximum absolute atomic E-state index is 12.0. The zero-order valence-electron chi connectivity index (χ0n) is 9.43. The molecule has 0 saturated heterocycles. The van der Waals surface area contributed by atoms with Crippen molar-refractivity contribution in [1.82, 2.24) is 9.97 Å². The number of anilines is 1. The number of nitrogens with one attached hydrogen (secondary N) is 1. The van der Waals surface area contributed by atoms with Crippen LogP contribution in [0.25, 0.3) is 0 Å². The van der Waals surface area contributed by atoms with E-state index in [1.165, 1.54) is 7.11 Å². The van der Waals surface area contributed by atoms with Gasteiger partial charge in [-0.15, -0.1) is 0 Å². The molecule has 2 aromatic rings. The fourth-order valence-electron chi connectivity index (χ4n) is 1.58. The lowest BCUT2D eigenvalue weighted by atomic mass is 10.1. The molecule has 0 aliphatic rings. The first-order chi connectivity index (χ1) is 8.20. The first-order valence-corrected chi connectivity index (χ1v) is 5.15. The van der Waals surface area contributed by atoms with E-state index in [1.54, 1.807) is 30.6 Å². The van der Waals surface area contributed by atoms with Crippen LogP contribution >= 0.6 is 0 Å². The summed E-state index contributed by atoms with van der Waals surface area (Å²) < 4.78 is 5.14. The Labute approximate surface area is 98.6 Å². The Morgan fingerprint density at radius 1 is 1.53 bits per heavy atom. The Morgan fingerprint density at radius 3 is 3.00 bits per heavy atom. The molecular formula is C12H13N3O2. The van der Waals surface area contributed by atoms with Gasteiger partial charge in [0.05, 0.1) is 19.1 Å². The molecule has 0 unspecified atom stereocenters. The summed E-state index contributed by atoms with van der Waals surface area (Å²) in [6, 6.07) is 4.98. The zero-order valence-corrected chi connectivity index (χ0v) is 9.43. The van der Waals surface area contributed by atoms with Crippen molar-refractivity contribution in [3.63, 3.8) is 0 Å². The van der Waals surface area contributed by atoms with Crippen LogP contribution < -0.4 is 10.5 Å². The topological polar surface area (TPSA) is 81.0 Å². The van der Waals surface area contributed by atoms with Crippen molar-refractivity contribution in [2.45, 2.75) is 6.42 Å². The predicted molar refractivity (Wildman–Crippen MR) is 64.0 cm³/mol. The van der Waals surface area contributed by atoms with Crippen LogP contribution in [0.1, 0.15) is 16.2 Å². The monoisotopic (exact) mass is 231 g/mol. The third-order valence-corrected chi connectivity index (χ3v) is 2.41. The third kappa shape index (κ3) is 2.44. The van der Waals surface area contributed by atoms with E-state index in [-0.39, 0.29) is 12.2 Å². The van der Waals surface area contributed by atoms with Crippen molar-refractivity contribution in [2.24, 2.45) is 0 Å². The standard InChI is InChI=1S/C12H13N3O2/c1-17-11-6-8(13)2-3-9(11)10(16)7-12-14-4-5-15-12/h2-6H,7,13H2,1H3,(H,14,15). The summed E-state index contributed by atoms with van der Waals surface area (Å²) in [6.07, 6.45) is 3.51. The molecule has 5 nitrogen and oxygen atoms in total. The van der Waals surface area contributed by atoms with Gasteiger partial charge in [0.25, 0.3) is 0 Å². The van der Waals surface area contributed by atoms with E-state index in [0.29, 0.717) is 22.8 Å². The molecule has 0 fully saturated rings. The number of nitrogens with zero attached hydrogens (tertiary/aromatic N) is 1. The highest BCUT2D eigenvalue weighted by molar-refractivity contribution is 6.00. The van der Waals surface area contributed by atoms with Crippen molar-refractivity contribution in [2.75, 3.05) is 12.8 Å². The largest absolute Gasteiger partial charge is 0.496 e. The lowest BCUT2D eigenvalue weighted by Crippen LogP contribution is -2.07. The summed E-state index contributed by atoms with van der Waals surface area (Å²) in [7, 11) is 1.51. The van der Waals surface area contributed by atoms with Crippen LogP contribution in [-0.2, 0) is 6.42 Å². The van der Waals surface area contributed by atoms with E-state index in [1.807, 2.05) is 0 Å². The van der Waals surface area contributed by atoms with E-state index < -0.39 is 0 Å². The number of H-pyrrole nitrogens is 1. The molecule has 0 amide bonds. The van der Waals surface area contributed by atoms with Gasteiger partial charge in [-0.3, -0.25) is 4.79 Å². The minimum atomic E-state index is -0.0585. The Balaban J connectivity index is 2.24. The Kier molecular flexibility index (Phi) is 3.09. The van der Waals surface area contributed by atoms with Gasteiger partial charge in [0.2, 0.25) is 0 Å². The number of imidazole rings is 1. The molecule has 88 valence electrons. The summed E-state index contributed by atoms with van der Waals surface area (Å²) in [4.78, 5) is 18.9. The summed E-state index contributed by atoms with van der Waals surface area (Å²) in [5, 5.41) is 0. The number of ketones is 1. The second kappa shape index (κ2) is 4.69. The highest BCUT2D eigenvalue weighted by Crippen LogP contribution is 2.22. The van der Waals surface area contributed by atoms with Crippen LogP contribution in [-0.4, -0.2) is 22.9 Å². The number of hydrogen-bond donors (Lipinski definition) is 2. The first-order valence-electron chi connectivity index (χ1n) is 5.15. The second-order valence-electron chi connectivity index (χ2n) is 3.60. The molecule has 1 aromatic carbocycles. The summed E-state index contributed by atoms with van der Waals surface area (Å²) >= 11 is 0. The maximum Gasteiger partial charge on any atom is 0.174 e. The van der Waals surface area contributed by atoms with Crippen molar-refractivity contribution >= 4 is 11.5 Å². The third-order valence-electron chi connectivity index (χ3n) is 2.41. The van der Waals surface area contributed by atoms with Gasteiger partial charge in [-0.2, -0.15) is 0 Å². The molecule has 5 heteroatoms. The number of aromatic nitrogens is 2. The normalized spacial score (nSPS) is 10.2. The van der Waals surface area contributed by atoms with Crippen molar-refractivity contribution in [1.29, 1.82) is 0 Å². The smallest absolute Gasteiger partial charge is 0.174 e. The van der Waals surface area contributed by atoms with Crippen LogP contribution in [0.3, 0.4) is 0 Å². The molecule has 1 aromatic heterocycles. The molecule has 3 N–H and O–H groups in total. The van der Waals surface area contributed by atoms with Crippen molar-refractivity contribution in [3.05, 3.63) is 42.0 Å². The van der Waals surface area contributed by atoms with E-state index >= 15 is 0 Å². The van der Waals surface area contributed by atoms with Gasteiger partial charge in [-0.1, -0.05) is 0 Å². The molecule has 0 radical (unpaired) electrons. The Bertz CT molecular complexity index is 521. The number of carbonyl (C=O) groups excluding carboxylic acids is 1. The van der Waals surface area contributed by atoms with Gasteiger partial charge in [0.15, 0.2) is 5.78 Å². The number of rotatable bonds is 4. The zero-order chi connectivity index (χ0) is 12.3. The van der Waals surface area contributed by atoms with Gasteiger partial charge < -0.3 is 15.5 Å². The minimum absolute atomic E-state index is 0.0585. The lowest BCUT2D eigenvalue weighted by Gasteiger charge is -2.07. The molecule has 0 spiro atoms. The van der Waals surface area contributed by atoms with E-state index in [2.05, 4.69) is 9.97 Å². The number of aromatic amines is 1. The van der Waals surface area contributed by atoms with Gasteiger partial charge in [-0.25, -0.2) is 4.98 Å². The van der Waals surface area contributed by atoms with Gasteiger partial charge in [-0.05, 0) is 12.1 Å². The molecule has 2 rings (SSSR count). The van der Waals surface area contributed by atoms with Crippen LogP contribution in [0.4, 0.5) is 5.69 Å². The summed E-state index contributed by atoms with van der Waals surface area (Å²) in [5.41, 5.74) is 6.71. The number of nitrogen functional groups attached to an aromatic ring is 1. The molecule has 0 bridgehead atoms. The highest BCUT2D eigenvalue weighted by atomic mass is 16.5. The molecule has 17 heavy (non-hydrogen) atoms. The SMILES string of the molecule is COc1cc(N)ccc1C(=O)Cc1ncc[nH]1. The highest BCUT2D eigenvalue weighted by Gasteiger charge is 2.13. The molecule has 0 aliphatic carbocycles. The Hall–Kier alpha value is -2.30. The number of nitrogens with two attached hydrogens (primary N) is 1. The summed E-state index contributed by atoms with van der Waals surface area (Å²) in [6.45, 7) is 0. The van der Waals surface area contributed by atoms with E-state index in [4.69, 9.17) is 10.5 Å². The first kappa shape index (κ1) is 11.2. The summed E-state index contributed by atoms with van der Waals surface area (Å²) in [5.74, 6) is 1.06. The van der Waals surface area contributed by atoms with Crippen LogP contribution in [0.5, 0.6) is 5.75 Å². The number of Topliss-reactive ketones (excluding diaryl/α,β-unsaturated/α-hetero) is 1. The number of carbonyl (C=O) groups is 1. The van der Waals surface area contributed by atoms with Crippen LogP contribution in [0, 0.1) is 0 Å². The molecule has 0 aliphatic heterocycles. The fraction of sp³-hybridized carbons (Fsp3) is 0.167. The molecule has 0 atom stereocenters. The fourth-order valence-corrected chi connectivity index (χ4v) is 1.58. The number of methoxy groups -OCH3 is 1. The molecule has 1 heterocycles. The van der Waals surface area contributed by atoms with Crippen LogP contribution in [0.15, 0.2) is 30.6 Å². The van der Waals surface area contributed by atoms with E-state index in [9.17, 15) is 4.79 Å². The quantitative estimate of drug-likeness (QED) is 0.616. The molecular weight excluding hydrogens is 218 g/mol. The lowest BCUT2D eigenvalue weighted by molar-refractivity contribution is 0.0988. The number of benzene rings is 1. The van der Waals surface area contributed by atoms with Crippen molar-refractivity contribution < 1.29 is 9.53 Å².